The molecule has 0 radical (unpaired) electrons. The van der Waals surface area contributed by atoms with Gasteiger partial charge in [-0.3, -0.25) is 18.6 Å². The molecule has 0 aliphatic rings. The maximum Gasteiger partial charge on any atom is 0.472 e. The van der Waals surface area contributed by atoms with Crippen molar-refractivity contribution >= 4 is 19.8 Å². The average Bonchev–Trinajstić information content (AvgIpc) is 3.17. The molecule has 0 aliphatic heterocycles. The van der Waals surface area contributed by atoms with Crippen LogP contribution in [0.3, 0.4) is 0 Å². The second-order valence-electron chi connectivity index (χ2n) is 16.1. The molecule has 0 spiro atoms. The summed E-state index contributed by atoms with van der Waals surface area (Å²) in [5, 5.41) is 0. The topological polar surface area (TPSA) is 108 Å². The number of carbonyl (C=O) groups is 2. The number of unbranched alkanes of at least 4 members (excludes halogenated alkanes) is 14. The van der Waals surface area contributed by atoms with Gasteiger partial charge >= 0.3 is 19.8 Å². The summed E-state index contributed by atoms with van der Waals surface area (Å²) in [5.74, 6) is -0.905. The molecule has 0 aromatic carbocycles. The molecule has 0 saturated carbocycles. The fourth-order valence-corrected chi connectivity index (χ4v) is 6.38. The summed E-state index contributed by atoms with van der Waals surface area (Å²) in [7, 11) is 1.42. The van der Waals surface area contributed by atoms with Crippen molar-refractivity contribution in [1.29, 1.82) is 0 Å². The molecule has 1 unspecified atom stereocenters. The second kappa shape index (κ2) is 39.9. The van der Waals surface area contributed by atoms with E-state index in [1.165, 1.54) is 77.0 Å². The summed E-state index contributed by atoms with van der Waals surface area (Å²) in [6.07, 6.45) is 49.6. The minimum Gasteiger partial charge on any atom is -0.462 e. The lowest BCUT2D eigenvalue weighted by Crippen LogP contribution is -2.37. The average molecular weight is 835 g/mol. The predicted octanol–water partition coefficient (Wildman–Crippen LogP) is 13.0. The first-order chi connectivity index (χ1) is 28.0. The van der Waals surface area contributed by atoms with Crippen LogP contribution in [-0.4, -0.2) is 74.9 Å². The Balaban J connectivity index is 4.49. The van der Waals surface area contributed by atoms with E-state index in [1.54, 1.807) is 0 Å². The van der Waals surface area contributed by atoms with E-state index in [0.717, 1.165) is 57.8 Å². The Labute approximate surface area is 355 Å². The third kappa shape index (κ3) is 43.0. The Bertz CT molecular complexity index is 1220. The lowest BCUT2D eigenvalue weighted by Gasteiger charge is -2.24. The first-order valence-electron chi connectivity index (χ1n) is 22.7. The SMILES string of the molecule is CCCCC/C=C/C/C=C/C/C=C/C/C=C/C/C=C/CCC(=O)O[C@H](COC(=O)CCCCCCCCC/C=C/CCCCCC)COP(=O)(O)OCC[N+](C)(C)C. The number of esters is 2. The lowest BCUT2D eigenvalue weighted by atomic mass is 10.1. The van der Waals surface area contributed by atoms with E-state index in [2.05, 4.69) is 74.6 Å². The van der Waals surface area contributed by atoms with Gasteiger partial charge in [0, 0.05) is 12.8 Å². The smallest absolute Gasteiger partial charge is 0.462 e. The van der Waals surface area contributed by atoms with Crippen LogP contribution >= 0.6 is 7.82 Å². The molecule has 0 rings (SSSR count). The number of rotatable bonds is 40. The van der Waals surface area contributed by atoms with Gasteiger partial charge in [0.25, 0.3) is 0 Å². The highest BCUT2D eigenvalue weighted by molar-refractivity contribution is 7.47. The number of likely N-dealkylation sites (N-methyl/N-ethyl adjacent to an activating group) is 1. The molecule has 0 saturated heterocycles. The van der Waals surface area contributed by atoms with E-state index in [4.69, 9.17) is 18.5 Å². The molecule has 0 aromatic rings. The monoisotopic (exact) mass is 835 g/mol. The number of hydrogen-bond donors (Lipinski definition) is 1. The maximum atomic E-state index is 12.7. The summed E-state index contributed by atoms with van der Waals surface area (Å²) in [5.41, 5.74) is 0. The van der Waals surface area contributed by atoms with Crippen molar-refractivity contribution in [2.45, 2.75) is 174 Å². The standard InChI is InChI=1S/C48H84NO8P/c1-6-8-10-12-14-16-18-20-22-23-24-25-27-29-31-33-35-37-39-41-48(51)57-46(45-56-58(52,53)55-43-42-49(3,4)5)44-54-47(50)40-38-36-34-32-30-28-26-21-19-17-15-13-11-9-7-2/h14,16-17,19-20,22,24-25,29,31,35,37,46H,6-13,15,18,21,23,26-28,30,32-34,36,38-45H2,1-5H3/p+1/b16-14+,19-17+,22-20+,25-24+,31-29+,37-35+/t46-/m1/s1. The Morgan fingerprint density at radius 2 is 0.966 bits per heavy atom. The Kier molecular flexibility index (Phi) is 38.1. The quantitative estimate of drug-likeness (QED) is 0.0214. The summed E-state index contributed by atoms with van der Waals surface area (Å²) in [6, 6.07) is 0. The van der Waals surface area contributed by atoms with Gasteiger partial charge in [-0.2, -0.15) is 0 Å². The van der Waals surface area contributed by atoms with E-state index in [9.17, 15) is 19.0 Å². The van der Waals surface area contributed by atoms with Gasteiger partial charge < -0.3 is 18.9 Å². The molecule has 0 bridgehead atoms. The van der Waals surface area contributed by atoms with Gasteiger partial charge in [-0.1, -0.05) is 151 Å². The number of hydrogen-bond acceptors (Lipinski definition) is 7. The van der Waals surface area contributed by atoms with Crippen molar-refractivity contribution in [2.24, 2.45) is 0 Å². The lowest BCUT2D eigenvalue weighted by molar-refractivity contribution is -0.870. The first-order valence-corrected chi connectivity index (χ1v) is 24.2. The molecule has 0 heterocycles. The molecule has 2 atom stereocenters. The maximum absolute atomic E-state index is 12.7. The molecular weight excluding hydrogens is 750 g/mol. The third-order valence-electron chi connectivity index (χ3n) is 9.22. The largest absolute Gasteiger partial charge is 0.472 e. The second-order valence-corrected chi connectivity index (χ2v) is 17.5. The van der Waals surface area contributed by atoms with Gasteiger partial charge in [0.1, 0.15) is 19.8 Å². The van der Waals surface area contributed by atoms with Crippen LogP contribution in [0.4, 0.5) is 0 Å². The highest BCUT2D eigenvalue weighted by Gasteiger charge is 2.27. The van der Waals surface area contributed by atoms with Gasteiger partial charge in [-0.05, 0) is 77.0 Å². The third-order valence-corrected chi connectivity index (χ3v) is 10.2. The fraction of sp³-hybridized carbons (Fsp3) is 0.708. The van der Waals surface area contributed by atoms with Crippen LogP contribution in [0.15, 0.2) is 72.9 Å². The van der Waals surface area contributed by atoms with E-state index in [1.807, 2.05) is 33.3 Å². The van der Waals surface area contributed by atoms with Gasteiger partial charge in [0.05, 0.1) is 27.7 Å². The van der Waals surface area contributed by atoms with Crippen LogP contribution in [0.2, 0.25) is 0 Å². The molecule has 0 aromatic heterocycles. The van der Waals surface area contributed by atoms with Gasteiger partial charge in [0.15, 0.2) is 6.10 Å². The molecule has 58 heavy (non-hydrogen) atoms. The Hall–Kier alpha value is -2.55. The molecule has 0 aliphatic carbocycles. The van der Waals surface area contributed by atoms with E-state index in [0.29, 0.717) is 17.4 Å². The summed E-state index contributed by atoms with van der Waals surface area (Å²) < 4.78 is 34.2. The van der Waals surface area contributed by atoms with E-state index >= 15 is 0 Å². The minimum atomic E-state index is -4.40. The van der Waals surface area contributed by atoms with Crippen molar-refractivity contribution < 1.29 is 42.1 Å². The number of ether oxygens (including phenoxy) is 2. The fourth-order valence-electron chi connectivity index (χ4n) is 5.64. The highest BCUT2D eigenvalue weighted by Crippen LogP contribution is 2.43. The minimum absolute atomic E-state index is 0.0146. The number of phosphoric acid groups is 1. The number of quaternary nitrogens is 1. The Morgan fingerprint density at radius 3 is 1.50 bits per heavy atom. The molecule has 334 valence electrons. The van der Waals surface area contributed by atoms with Crippen LogP contribution in [0.5, 0.6) is 0 Å². The molecule has 9 nitrogen and oxygen atoms in total. The van der Waals surface area contributed by atoms with Crippen molar-refractivity contribution in [3.63, 3.8) is 0 Å². The normalized spacial score (nSPS) is 14.2. The van der Waals surface area contributed by atoms with Gasteiger partial charge in [0.2, 0.25) is 0 Å². The molecular formula is C48H85NO8P+. The molecule has 1 N–H and O–H groups in total. The van der Waals surface area contributed by atoms with Crippen LogP contribution in [0.1, 0.15) is 168 Å². The zero-order valence-corrected chi connectivity index (χ0v) is 38.4. The first kappa shape index (κ1) is 55.5. The summed E-state index contributed by atoms with van der Waals surface area (Å²) >= 11 is 0. The number of allylic oxidation sites excluding steroid dienone is 12. The molecule has 0 amide bonds. The zero-order chi connectivity index (χ0) is 42.8. The summed E-state index contributed by atoms with van der Waals surface area (Å²) in [4.78, 5) is 35.3. The van der Waals surface area contributed by atoms with Crippen LogP contribution in [-0.2, 0) is 32.7 Å². The predicted molar refractivity (Wildman–Crippen MR) is 242 cm³/mol. The molecule has 0 fully saturated rings. The van der Waals surface area contributed by atoms with Gasteiger partial charge in [-0.25, -0.2) is 4.57 Å². The van der Waals surface area contributed by atoms with Crippen molar-refractivity contribution in [2.75, 3.05) is 47.5 Å². The van der Waals surface area contributed by atoms with Crippen molar-refractivity contribution in [3.05, 3.63) is 72.9 Å². The van der Waals surface area contributed by atoms with Crippen LogP contribution in [0.25, 0.3) is 0 Å². The van der Waals surface area contributed by atoms with Crippen molar-refractivity contribution in [3.8, 4) is 0 Å². The van der Waals surface area contributed by atoms with Crippen molar-refractivity contribution in [1.82, 2.24) is 0 Å². The van der Waals surface area contributed by atoms with E-state index < -0.39 is 32.5 Å². The highest BCUT2D eigenvalue weighted by atomic mass is 31.2. The molecule has 10 heteroatoms. The van der Waals surface area contributed by atoms with Crippen LogP contribution < -0.4 is 0 Å². The number of phosphoric ester groups is 1. The van der Waals surface area contributed by atoms with Crippen LogP contribution in [0, 0.1) is 0 Å². The number of carbonyl (C=O) groups excluding carboxylic acids is 2. The number of nitrogens with zero attached hydrogens (tertiary/aromatic N) is 1. The van der Waals surface area contributed by atoms with Gasteiger partial charge in [-0.15, -0.1) is 0 Å². The van der Waals surface area contributed by atoms with E-state index in [-0.39, 0.29) is 26.1 Å². The zero-order valence-electron chi connectivity index (χ0n) is 37.5. The Morgan fingerprint density at radius 1 is 0.534 bits per heavy atom. The summed E-state index contributed by atoms with van der Waals surface area (Å²) in [6.45, 7) is 4.28.